The number of imidazole rings is 1. The van der Waals surface area contributed by atoms with E-state index < -0.39 is 17.2 Å². The molecule has 2 aromatic carbocycles. The summed E-state index contributed by atoms with van der Waals surface area (Å²) in [4.78, 5) is 27.7. The highest BCUT2D eigenvalue weighted by molar-refractivity contribution is 8.00. The lowest BCUT2D eigenvalue weighted by Gasteiger charge is -2.18. The molecule has 1 aromatic heterocycles. The number of nitrogens with one attached hydrogen (secondary N) is 1. The van der Waals surface area contributed by atoms with Gasteiger partial charge in [-0.05, 0) is 31.9 Å². The molecule has 3 amide bonds. The molecular weight excluding hydrogens is 372 g/mol. The number of amides is 3. The van der Waals surface area contributed by atoms with Crippen LogP contribution in [-0.4, -0.2) is 26.7 Å². The van der Waals surface area contributed by atoms with Gasteiger partial charge in [0.2, 0.25) is 5.91 Å². The Morgan fingerprint density at radius 2 is 1.71 bits per heavy atom. The van der Waals surface area contributed by atoms with Gasteiger partial charge in [-0.3, -0.25) is 14.7 Å². The number of carbonyl (C=O) groups excluding carboxylic acids is 2. The number of hydrogen-bond donors (Lipinski definition) is 2. The number of hydrogen-bond acceptors (Lipinski definition) is 4. The lowest BCUT2D eigenvalue weighted by atomic mass is 10.1. The molecule has 144 valence electrons. The van der Waals surface area contributed by atoms with E-state index in [1.165, 1.54) is 11.8 Å². The Morgan fingerprint density at radius 3 is 2.32 bits per heavy atom. The minimum atomic E-state index is -0.861. The summed E-state index contributed by atoms with van der Waals surface area (Å²) in [7, 11) is 0. The van der Waals surface area contributed by atoms with Crippen molar-refractivity contribution >= 4 is 23.7 Å². The number of nitrogens with zero attached hydrogens (tertiary/aromatic N) is 2. The van der Waals surface area contributed by atoms with Crippen LogP contribution in [0.3, 0.4) is 0 Å². The van der Waals surface area contributed by atoms with Crippen molar-refractivity contribution in [2.75, 3.05) is 0 Å². The van der Waals surface area contributed by atoms with Crippen LogP contribution in [0.2, 0.25) is 0 Å². The third-order valence-electron chi connectivity index (χ3n) is 4.36. The van der Waals surface area contributed by atoms with Crippen LogP contribution in [0.5, 0.6) is 0 Å². The van der Waals surface area contributed by atoms with Gasteiger partial charge in [-0.1, -0.05) is 60.3 Å². The molecule has 28 heavy (non-hydrogen) atoms. The van der Waals surface area contributed by atoms with Gasteiger partial charge in [-0.2, -0.15) is 0 Å². The van der Waals surface area contributed by atoms with E-state index in [0.717, 1.165) is 28.1 Å². The molecule has 0 aliphatic heterocycles. The van der Waals surface area contributed by atoms with Gasteiger partial charge in [0, 0.05) is 5.56 Å². The van der Waals surface area contributed by atoms with E-state index in [1.54, 1.807) is 6.92 Å². The van der Waals surface area contributed by atoms with Crippen molar-refractivity contribution in [3.63, 3.8) is 0 Å². The van der Waals surface area contributed by atoms with Gasteiger partial charge in [-0.25, -0.2) is 9.78 Å². The van der Waals surface area contributed by atoms with Crippen molar-refractivity contribution in [3.8, 4) is 16.9 Å². The van der Waals surface area contributed by atoms with E-state index >= 15 is 0 Å². The standard InChI is InChI=1S/C21H22N4O2S/c1-13-8-7-9-14(2)18(13)25-17(16-10-5-4-6-11-16)12-23-21(25)28-15(3)19(26)24-20(22)27/h4-12,15H,1-3H3,(H3,22,24,26,27)/t15-/m0/s1. The Balaban J connectivity index is 2.10. The molecule has 0 aliphatic rings. The van der Waals surface area contributed by atoms with Gasteiger partial charge in [0.05, 0.1) is 22.8 Å². The second-order valence-corrected chi connectivity index (χ2v) is 7.79. The number of nitrogens with two attached hydrogens (primary N) is 1. The molecule has 3 aromatic rings. The minimum absolute atomic E-state index is 0.449. The maximum absolute atomic E-state index is 12.1. The fourth-order valence-electron chi connectivity index (χ4n) is 3.04. The highest BCUT2D eigenvalue weighted by Gasteiger charge is 2.22. The van der Waals surface area contributed by atoms with Gasteiger partial charge in [0.15, 0.2) is 5.16 Å². The van der Waals surface area contributed by atoms with Gasteiger partial charge in [0.25, 0.3) is 0 Å². The average Bonchev–Trinajstić information content (AvgIpc) is 3.05. The Kier molecular flexibility index (Phi) is 5.84. The van der Waals surface area contributed by atoms with E-state index in [0.29, 0.717) is 5.16 Å². The van der Waals surface area contributed by atoms with Gasteiger partial charge in [0.1, 0.15) is 0 Å². The highest BCUT2D eigenvalue weighted by Crippen LogP contribution is 2.34. The number of carbonyl (C=O) groups is 2. The van der Waals surface area contributed by atoms with E-state index in [9.17, 15) is 9.59 Å². The molecule has 6 nitrogen and oxygen atoms in total. The predicted octanol–water partition coefficient (Wildman–Crippen LogP) is 3.83. The number of urea groups is 1. The number of aromatic nitrogens is 2. The molecule has 3 rings (SSSR count). The van der Waals surface area contributed by atoms with Crippen LogP contribution in [0.25, 0.3) is 16.9 Å². The third kappa shape index (κ3) is 4.09. The van der Waals surface area contributed by atoms with Gasteiger partial charge in [-0.15, -0.1) is 0 Å². The number of primary amides is 1. The molecule has 1 atom stereocenters. The van der Waals surface area contributed by atoms with E-state index in [2.05, 4.69) is 40.8 Å². The molecule has 0 aliphatic carbocycles. The largest absolute Gasteiger partial charge is 0.351 e. The van der Waals surface area contributed by atoms with Crippen LogP contribution < -0.4 is 11.1 Å². The van der Waals surface area contributed by atoms with E-state index in [4.69, 9.17) is 5.73 Å². The molecule has 0 radical (unpaired) electrons. The number of rotatable bonds is 5. The van der Waals surface area contributed by atoms with Crippen molar-refractivity contribution < 1.29 is 9.59 Å². The number of benzene rings is 2. The SMILES string of the molecule is Cc1cccc(C)c1-n1c(-c2ccccc2)cnc1S[C@@H](C)C(=O)NC(N)=O. The Hall–Kier alpha value is -3.06. The number of imide groups is 1. The molecule has 0 saturated carbocycles. The third-order valence-corrected chi connectivity index (χ3v) is 5.43. The summed E-state index contributed by atoms with van der Waals surface area (Å²) in [6.45, 7) is 5.82. The van der Waals surface area contributed by atoms with Gasteiger partial charge >= 0.3 is 6.03 Å². The smallest absolute Gasteiger partial charge is 0.318 e. The normalized spacial score (nSPS) is 11.8. The quantitative estimate of drug-likeness (QED) is 0.644. The number of aryl methyl sites for hydroxylation is 2. The van der Waals surface area contributed by atoms with Crippen molar-refractivity contribution in [2.24, 2.45) is 5.73 Å². The summed E-state index contributed by atoms with van der Waals surface area (Å²) in [6.07, 6.45) is 1.81. The first-order valence-corrected chi connectivity index (χ1v) is 9.73. The summed E-state index contributed by atoms with van der Waals surface area (Å²) in [5.74, 6) is -0.449. The summed E-state index contributed by atoms with van der Waals surface area (Å²) in [6, 6.07) is 15.2. The lowest BCUT2D eigenvalue weighted by Crippen LogP contribution is -2.39. The Morgan fingerprint density at radius 1 is 1.07 bits per heavy atom. The monoisotopic (exact) mass is 394 g/mol. The molecule has 3 N–H and O–H groups in total. The van der Waals surface area contributed by atoms with Crippen LogP contribution in [0.4, 0.5) is 4.79 Å². The molecule has 0 bridgehead atoms. The average molecular weight is 395 g/mol. The zero-order valence-electron chi connectivity index (χ0n) is 16.0. The number of para-hydroxylation sites is 1. The first-order valence-electron chi connectivity index (χ1n) is 8.85. The summed E-state index contributed by atoms with van der Waals surface area (Å²) in [5.41, 5.74) is 10.3. The van der Waals surface area contributed by atoms with Crippen LogP contribution in [0.1, 0.15) is 18.1 Å². The van der Waals surface area contributed by atoms with Crippen LogP contribution in [-0.2, 0) is 4.79 Å². The molecule has 1 heterocycles. The fourth-order valence-corrected chi connectivity index (χ4v) is 3.93. The van der Waals surface area contributed by atoms with Crippen LogP contribution in [0, 0.1) is 13.8 Å². The zero-order chi connectivity index (χ0) is 20.3. The maximum atomic E-state index is 12.1. The molecule has 0 unspecified atom stereocenters. The molecule has 0 fully saturated rings. The Bertz CT molecular complexity index is 994. The van der Waals surface area contributed by atoms with Gasteiger partial charge < -0.3 is 5.73 Å². The second kappa shape index (κ2) is 8.31. The maximum Gasteiger partial charge on any atom is 0.318 e. The van der Waals surface area contributed by atoms with Crippen molar-refractivity contribution in [1.29, 1.82) is 0 Å². The predicted molar refractivity (Wildman–Crippen MR) is 112 cm³/mol. The molecule has 0 saturated heterocycles. The van der Waals surface area contributed by atoms with E-state index in [-0.39, 0.29) is 0 Å². The molecule has 7 heteroatoms. The summed E-state index contributed by atoms with van der Waals surface area (Å²) >= 11 is 1.28. The summed E-state index contributed by atoms with van der Waals surface area (Å²) in [5, 5.41) is 2.25. The van der Waals surface area contributed by atoms with Crippen molar-refractivity contribution in [1.82, 2.24) is 14.9 Å². The second-order valence-electron chi connectivity index (χ2n) is 6.48. The molecular formula is C21H22N4O2S. The van der Waals surface area contributed by atoms with Crippen LogP contribution in [0.15, 0.2) is 59.9 Å². The first kappa shape index (κ1) is 19.7. The van der Waals surface area contributed by atoms with E-state index in [1.807, 2.05) is 42.6 Å². The number of thioether (sulfide) groups is 1. The van der Waals surface area contributed by atoms with Crippen LogP contribution >= 0.6 is 11.8 Å². The Labute approximate surface area is 168 Å². The topological polar surface area (TPSA) is 90.0 Å². The zero-order valence-corrected chi connectivity index (χ0v) is 16.8. The summed E-state index contributed by atoms with van der Waals surface area (Å²) < 4.78 is 2.07. The van der Waals surface area contributed by atoms with Crippen molar-refractivity contribution in [3.05, 3.63) is 65.9 Å². The molecule has 0 spiro atoms. The lowest BCUT2D eigenvalue weighted by molar-refractivity contribution is -0.119. The van der Waals surface area contributed by atoms with Crippen molar-refractivity contribution in [2.45, 2.75) is 31.2 Å². The first-order chi connectivity index (χ1) is 13.4. The fraction of sp³-hybridized carbons (Fsp3) is 0.190. The minimum Gasteiger partial charge on any atom is -0.351 e. The highest BCUT2D eigenvalue weighted by atomic mass is 32.2.